The Morgan fingerprint density at radius 2 is 1.50 bits per heavy atom. The average Bonchev–Trinajstić information content (AvgIpc) is 3.06. The van der Waals surface area contributed by atoms with Gasteiger partial charge in [-0.3, -0.25) is 5.43 Å². The van der Waals surface area contributed by atoms with Crippen molar-refractivity contribution in [2.75, 3.05) is 5.43 Å². The number of benzene rings is 3. The van der Waals surface area contributed by atoms with Gasteiger partial charge in [-0.05, 0) is 43.7 Å². The molecule has 3 nitrogen and oxygen atoms in total. The quantitative estimate of drug-likeness (QED) is 0.0957. The largest absolute Gasteiger partial charge is 0.340 e. The zero-order chi connectivity index (χ0) is 24.7. The van der Waals surface area contributed by atoms with Crippen molar-refractivity contribution in [3.05, 3.63) is 97.9 Å². The highest BCUT2D eigenvalue weighted by Gasteiger charge is 2.25. The number of rotatable bonds is 5. The lowest BCUT2D eigenvalue weighted by molar-refractivity contribution is 0.381. The molecule has 10 heteroatoms. The van der Waals surface area contributed by atoms with Crippen molar-refractivity contribution < 1.29 is 22.0 Å². The Bertz CT molecular complexity index is 1430. The van der Waals surface area contributed by atoms with Gasteiger partial charge in [-0.2, -0.15) is 5.10 Å². The lowest BCUT2D eigenvalue weighted by atomic mass is 10.1. The molecule has 0 amide bonds. The van der Waals surface area contributed by atoms with E-state index in [4.69, 9.17) is 23.2 Å². The number of nitrogens with zero attached hydrogens (tertiary/aromatic N) is 2. The van der Waals surface area contributed by atoms with Gasteiger partial charge in [0.2, 0.25) is 5.82 Å². The standard InChI is InChI=1S/C24H16Cl2F5N3/c1-11-3-6-18-14(7-11)15(12(2)34(18)10-13-4-5-16(25)17(26)8-13)9-32-33-24-22(30)20(28)19(27)21(29)23(24)31/h3-9,33H,10H2,1-2H3/b32-9+. The maximum atomic E-state index is 13.9. The monoisotopic (exact) mass is 511 g/mol. The van der Waals surface area contributed by atoms with Gasteiger partial charge in [0.25, 0.3) is 0 Å². The summed E-state index contributed by atoms with van der Waals surface area (Å²) in [4.78, 5) is 0. The first kappa shape index (κ1) is 24.0. The SMILES string of the molecule is Cc1ccc2c(c1)c(/C=N/Nc1c(F)c(F)c(F)c(F)c1F)c(C)n2Cc1ccc(Cl)c(Cl)c1. The summed E-state index contributed by atoms with van der Waals surface area (Å²) in [5.74, 6) is -10.3. The lowest BCUT2D eigenvalue weighted by Gasteiger charge is -2.10. The van der Waals surface area contributed by atoms with E-state index in [0.717, 1.165) is 27.7 Å². The molecule has 4 aromatic rings. The second-order valence-corrected chi connectivity index (χ2v) is 8.48. The summed E-state index contributed by atoms with van der Waals surface area (Å²) in [5.41, 5.74) is 4.78. The van der Waals surface area contributed by atoms with Crippen molar-refractivity contribution in [1.82, 2.24) is 4.57 Å². The first-order chi connectivity index (χ1) is 16.1. The van der Waals surface area contributed by atoms with Gasteiger partial charge in [0, 0.05) is 28.7 Å². The first-order valence-corrected chi connectivity index (χ1v) is 10.7. The molecule has 0 saturated heterocycles. The zero-order valence-electron chi connectivity index (χ0n) is 17.8. The molecule has 0 radical (unpaired) electrons. The van der Waals surface area contributed by atoms with Crippen molar-refractivity contribution in [3.8, 4) is 0 Å². The summed E-state index contributed by atoms with van der Waals surface area (Å²) in [6.07, 6.45) is 1.28. The minimum absolute atomic E-state index is 0.415. The summed E-state index contributed by atoms with van der Waals surface area (Å²) in [7, 11) is 0. The van der Waals surface area contributed by atoms with Crippen LogP contribution in [0.5, 0.6) is 0 Å². The Hall–Kier alpha value is -3.10. The van der Waals surface area contributed by atoms with Crippen molar-refractivity contribution in [3.63, 3.8) is 0 Å². The number of hydrogen-bond donors (Lipinski definition) is 1. The van der Waals surface area contributed by atoms with E-state index in [1.807, 2.05) is 48.1 Å². The highest BCUT2D eigenvalue weighted by molar-refractivity contribution is 6.42. The molecule has 176 valence electrons. The molecule has 1 aromatic heterocycles. The molecule has 0 aliphatic carbocycles. The number of fused-ring (bicyclic) bond motifs is 1. The van der Waals surface area contributed by atoms with Crippen LogP contribution in [-0.2, 0) is 6.54 Å². The van der Waals surface area contributed by atoms with Gasteiger partial charge in [0.1, 0.15) is 5.69 Å². The van der Waals surface area contributed by atoms with Gasteiger partial charge in [-0.1, -0.05) is 40.9 Å². The fourth-order valence-corrected chi connectivity index (χ4v) is 3.99. The normalized spacial score (nSPS) is 11.7. The number of aromatic nitrogens is 1. The molecule has 34 heavy (non-hydrogen) atoms. The number of aryl methyl sites for hydroxylation is 1. The van der Waals surface area contributed by atoms with Gasteiger partial charge in [-0.25, -0.2) is 22.0 Å². The number of halogens is 7. The van der Waals surface area contributed by atoms with Gasteiger partial charge in [-0.15, -0.1) is 0 Å². The minimum Gasteiger partial charge on any atom is -0.340 e. The summed E-state index contributed by atoms with van der Waals surface area (Å²) < 4.78 is 70.1. The Morgan fingerprint density at radius 1 is 0.853 bits per heavy atom. The van der Waals surface area contributed by atoms with Gasteiger partial charge in [0.05, 0.1) is 16.3 Å². The van der Waals surface area contributed by atoms with E-state index in [1.165, 1.54) is 6.21 Å². The predicted molar refractivity (Wildman–Crippen MR) is 124 cm³/mol. The minimum atomic E-state index is -2.23. The Labute approximate surface area is 201 Å². The van der Waals surface area contributed by atoms with Gasteiger partial charge < -0.3 is 4.57 Å². The number of anilines is 1. The van der Waals surface area contributed by atoms with Crippen LogP contribution in [0.1, 0.15) is 22.4 Å². The molecule has 4 rings (SSSR count). The van der Waals surface area contributed by atoms with Crippen LogP contribution in [0.15, 0.2) is 41.5 Å². The zero-order valence-corrected chi connectivity index (χ0v) is 19.3. The van der Waals surface area contributed by atoms with Crippen LogP contribution >= 0.6 is 23.2 Å². The van der Waals surface area contributed by atoms with E-state index in [9.17, 15) is 22.0 Å². The molecule has 0 aliphatic heterocycles. The fraction of sp³-hybridized carbons (Fsp3) is 0.125. The Balaban J connectivity index is 1.75. The molecule has 1 N–H and O–H groups in total. The topological polar surface area (TPSA) is 29.3 Å². The number of nitrogens with one attached hydrogen (secondary N) is 1. The highest BCUT2D eigenvalue weighted by atomic mass is 35.5. The van der Waals surface area contributed by atoms with Crippen molar-refractivity contribution in [2.45, 2.75) is 20.4 Å². The van der Waals surface area contributed by atoms with E-state index in [1.54, 1.807) is 12.1 Å². The van der Waals surface area contributed by atoms with E-state index >= 15 is 0 Å². The van der Waals surface area contributed by atoms with Crippen molar-refractivity contribution >= 4 is 46.0 Å². The van der Waals surface area contributed by atoms with Crippen molar-refractivity contribution in [2.24, 2.45) is 5.10 Å². The molecule has 0 aliphatic rings. The second kappa shape index (κ2) is 9.27. The molecular weight excluding hydrogens is 496 g/mol. The summed E-state index contributed by atoms with van der Waals surface area (Å²) >= 11 is 12.1. The third kappa shape index (κ3) is 4.23. The Kier molecular flexibility index (Phi) is 6.55. The smallest absolute Gasteiger partial charge is 0.200 e. The van der Waals surface area contributed by atoms with Gasteiger partial charge >= 0.3 is 0 Å². The molecule has 1 heterocycles. The van der Waals surface area contributed by atoms with Crippen LogP contribution < -0.4 is 5.43 Å². The first-order valence-electron chi connectivity index (χ1n) is 9.94. The van der Waals surface area contributed by atoms with Gasteiger partial charge in [0.15, 0.2) is 23.3 Å². The van der Waals surface area contributed by atoms with Crippen LogP contribution in [0.4, 0.5) is 27.6 Å². The average molecular weight is 512 g/mol. The van der Waals surface area contributed by atoms with E-state index in [2.05, 4.69) is 5.10 Å². The molecule has 0 fully saturated rings. The lowest BCUT2D eigenvalue weighted by Crippen LogP contribution is -2.07. The molecular formula is C24H16Cl2F5N3. The number of hydrogen-bond acceptors (Lipinski definition) is 2. The molecule has 3 aromatic carbocycles. The van der Waals surface area contributed by atoms with E-state index in [-0.39, 0.29) is 0 Å². The molecule has 0 saturated carbocycles. The second-order valence-electron chi connectivity index (χ2n) is 7.67. The van der Waals surface area contributed by atoms with Crippen LogP contribution in [0, 0.1) is 42.9 Å². The van der Waals surface area contributed by atoms with E-state index < -0.39 is 34.8 Å². The Morgan fingerprint density at radius 3 is 2.15 bits per heavy atom. The molecule has 0 atom stereocenters. The summed E-state index contributed by atoms with van der Waals surface area (Å²) in [6.45, 7) is 4.17. The summed E-state index contributed by atoms with van der Waals surface area (Å²) in [6, 6.07) is 11.0. The third-order valence-electron chi connectivity index (χ3n) is 5.43. The molecule has 0 bridgehead atoms. The molecule has 0 spiro atoms. The number of hydrazone groups is 1. The summed E-state index contributed by atoms with van der Waals surface area (Å²) in [5, 5.41) is 5.41. The van der Waals surface area contributed by atoms with E-state index in [0.29, 0.717) is 22.2 Å². The third-order valence-corrected chi connectivity index (χ3v) is 6.17. The van der Waals surface area contributed by atoms with Crippen LogP contribution in [0.3, 0.4) is 0 Å². The molecule has 0 unspecified atom stereocenters. The maximum Gasteiger partial charge on any atom is 0.200 e. The van der Waals surface area contributed by atoms with Crippen LogP contribution in [0.25, 0.3) is 10.9 Å². The highest BCUT2D eigenvalue weighted by Crippen LogP contribution is 2.30. The predicted octanol–water partition coefficient (Wildman–Crippen LogP) is 7.75. The van der Waals surface area contributed by atoms with Crippen molar-refractivity contribution in [1.29, 1.82) is 0 Å². The van der Waals surface area contributed by atoms with Crippen LogP contribution in [-0.4, -0.2) is 10.8 Å². The van der Waals surface area contributed by atoms with Crippen LogP contribution in [0.2, 0.25) is 10.0 Å². The fourth-order valence-electron chi connectivity index (χ4n) is 3.67. The maximum absolute atomic E-state index is 13.9.